The van der Waals surface area contributed by atoms with Crippen molar-refractivity contribution in [3.05, 3.63) is 445 Å². The standard InChI is InChI=1S/C47H50B2N.C46H48B2N.C43H42B2N/c1-30-17-16-18-31(2)44(30)49-41-22-15-14-21-40(41)48(45-32(3)25-37(26-33(45)4)36-19-12-11-13-20-36)42-24-23-39(35(6)46(42)49)43-27-38(28-47(7,8)9)34(5)29-50(43)10;1-30-16-15-17-31(2)43(30)48-40-21-14-13-20-39(40)47(44-32(3)26-37(27-33(44)4)36-18-11-10-12-19-36)41-23-22-38(34(5)45(41)48)42-28-35(24-25-49(42)9)29-46(6,7)8;1-27-15-14-16-28(2)41(27)45-38-20-13-12-19-37(38)44(42-30(4)23-35(24-31(42)5)34-17-10-9-11-18-34)39-22-21-36(33(7)43(39)45)40-25-29(3)32(6)26-46(40)8/h11-27,29H,28H2,1-10H3;10-28H,29H2,1-9H3;9-26H,1-8H3/q3*+1/i1D3,2D3,3D3,4D3,5D3,28D2;1D3,2D3,3D3,4D3,29D2;1D3,2D3,4D3,5D3,6D3. The average Bonchev–Trinajstić information content (AvgIpc) is 0.700. The van der Waals surface area contributed by atoms with E-state index in [0.29, 0.717) is 161 Å². The molecule has 0 amide bonds. The summed E-state index contributed by atoms with van der Waals surface area (Å²) in [6.45, 7) is -27.5. The molecule has 0 fully saturated rings. The monoisotopic (exact) mass is 1930 g/mol. The van der Waals surface area contributed by atoms with Crippen LogP contribution < -0.4 is 112 Å². The molecule has 0 N–H and O–H groups in total. The zero-order valence-corrected chi connectivity index (χ0v) is 83.6. The van der Waals surface area contributed by atoms with Gasteiger partial charge in [-0.05, 0) is 232 Å². The highest BCUT2D eigenvalue weighted by Gasteiger charge is 2.47. The van der Waals surface area contributed by atoms with Gasteiger partial charge in [0.2, 0.25) is 57.4 Å². The fraction of sp³-hybridized carbons (Fsp3) is 0.228. The third kappa shape index (κ3) is 19.0. The van der Waals surface area contributed by atoms with Crippen molar-refractivity contribution in [2.75, 3.05) is 0 Å². The smallest absolute Gasteiger partial charge is 0.201 e. The van der Waals surface area contributed by atoms with Crippen LogP contribution in [0, 0.1) is 134 Å². The molecule has 6 heterocycles. The molecule has 15 aromatic carbocycles. The quantitative estimate of drug-likeness (QED) is 0.0760. The SMILES string of the molecule is [2H]C([2H])([2H])c1c[n+](C)c(-c2ccc3c(c2C)B(c2c(C([2H])([2H])[2H])cccc2C([2H])([2H])[2H])c2ccccc2B3c2c(C([2H])([2H])[2H])cc(-c3ccccc3)cc2C([2H])([2H])[2H])cc1C.[2H]C([2H])([2H])c1c[n+](C)c(-c2ccc3c(c2C)B(c2c(C([2H])([2H])[2H])cccc2C([2H])([2H])[2H])c2ccccc2B3c2c(C([2H])([2H])[2H])cc(-c3ccccc3)cc2C([2H])([2H])[2H])cc1C([2H])([2H])C(C)(C)C.[2H]C([2H])([2H])c1cc(-c2ccccc2)cc(C([2H])([2H])[2H])c1B1c2ccccc2B(c2c(C([2H])([2H])[2H])cccc2C([2H])([2H])[2H])c2c1ccc(-c1cc(C([2H])([2H])C(C)(C)C)cc[n+]1C)c2C. The van der Waals surface area contributed by atoms with E-state index < -0.39 is 160 Å². The van der Waals surface area contributed by atoms with Crippen molar-refractivity contribution < 1.29 is 76.8 Å². The van der Waals surface area contributed by atoms with Crippen molar-refractivity contribution in [1.29, 1.82) is 0 Å². The van der Waals surface area contributed by atoms with Crippen LogP contribution >= 0.6 is 0 Å². The first-order valence-electron chi connectivity index (χ1n) is 71.8. The summed E-state index contributed by atoms with van der Waals surface area (Å²) in [5, 5.41) is 0. The Labute approximate surface area is 934 Å². The van der Waals surface area contributed by atoms with E-state index in [1.807, 2.05) is 64.4 Å². The Kier molecular flexibility index (Phi) is 16.2. The minimum Gasteiger partial charge on any atom is -0.201 e. The summed E-state index contributed by atoms with van der Waals surface area (Å²) in [4.78, 5) is 0. The lowest BCUT2D eigenvalue weighted by atomic mass is 9.20. The first kappa shape index (κ1) is 58.3. The van der Waals surface area contributed by atoms with Gasteiger partial charge in [0.05, 0.1) is 0 Å². The van der Waals surface area contributed by atoms with Crippen LogP contribution in [0.25, 0.3) is 67.2 Å². The fourth-order valence-electron chi connectivity index (χ4n) is 22.6. The molecule has 714 valence electrons. The maximum absolute atomic E-state index is 9.31. The Bertz CT molecular complexity index is 9890. The molecule has 145 heavy (non-hydrogen) atoms. The van der Waals surface area contributed by atoms with Gasteiger partial charge in [-0.15, -0.1) is 0 Å². The molecule has 0 atom stereocenters. The number of benzene rings is 15. The van der Waals surface area contributed by atoms with E-state index in [2.05, 4.69) is 0 Å². The summed E-state index contributed by atoms with van der Waals surface area (Å²) in [6.07, 6.45) is 0.763. The van der Waals surface area contributed by atoms with Gasteiger partial charge < -0.3 is 0 Å². The molecule has 3 aliphatic heterocycles. The lowest BCUT2D eigenvalue weighted by Crippen LogP contribution is -2.76. The average molecular weight is 1930 g/mol. The van der Waals surface area contributed by atoms with Crippen molar-refractivity contribution in [1.82, 2.24) is 0 Å². The highest BCUT2D eigenvalue weighted by Crippen LogP contribution is 2.34. The second kappa shape index (κ2) is 40.3. The summed E-state index contributed by atoms with van der Waals surface area (Å²) in [7, 11) is 5.18. The highest BCUT2D eigenvalue weighted by atomic mass is 14.9. The summed E-state index contributed by atoms with van der Waals surface area (Å²) < 4.78 is 410. The van der Waals surface area contributed by atoms with Crippen LogP contribution in [0.2, 0.25) is 0 Å². The lowest BCUT2D eigenvalue weighted by molar-refractivity contribution is -0.660. The maximum Gasteiger partial charge on any atom is 0.241 e. The van der Waals surface area contributed by atoms with Crippen molar-refractivity contribution in [2.24, 2.45) is 32.0 Å². The summed E-state index contributed by atoms with van der Waals surface area (Å²) in [6, 6.07) is 87.0. The summed E-state index contributed by atoms with van der Waals surface area (Å²) in [5.74, 6) is 0. The summed E-state index contributed by atoms with van der Waals surface area (Å²) >= 11 is 0. The number of pyridine rings is 3. The molecule has 0 spiro atoms. The van der Waals surface area contributed by atoms with Crippen LogP contribution in [-0.2, 0) is 33.9 Å². The highest BCUT2D eigenvalue weighted by molar-refractivity contribution is 7.14. The normalized spacial score (nSPS) is 18.6. The van der Waals surface area contributed by atoms with E-state index in [4.69, 9.17) is 60.3 Å². The lowest BCUT2D eigenvalue weighted by Gasteiger charge is -2.36. The first-order valence-corrected chi connectivity index (χ1v) is 48.8. The molecule has 3 aromatic heterocycles. The van der Waals surface area contributed by atoms with Gasteiger partial charge in [0.1, 0.15) is 21.1 Å². The van der Waals surface area contributed by atoms with Gasteiger partial charge in [0.25, 0.3) is 0 Å². The number of rotatable bonds is 14. The molecule has 0 aliphatic carbocycles. The Morgan fingerprint density at radius 1 is 0.221 bits per heavy atom. The van der Waals surface area contributed by atoms with E-state index in [1.165, 1.54) is 103 Å². The summed E-state index contributed by atoms with van der Waals surface area (Å²) in [5.41, 5.74) is 10.7. The third-order valence-electron chi connectivity index (χ3n) is 29.0. The van der Waals surface area contributed by atoms with E-state index in [9.17, 15) is 2.74 Å². The Morgan fingerprint density at radius 2 is 0.490 bits per heavy atom. The molecule has 0 bridgehead atoms. The van der Waals surface area contributed by atoms with Gasteiger partial charge in [-0.2, -0.15) is 0 Å². The van der Waals surface area contributed by atoms with Crippen LogP contribution in [0.1, 0.15) is 216 Å². The second-order valence-corrected chi connectivity index (χ2v) is 40.7. The fourth-order valence-corrected chi connectivity index (χ4v) is 22.6. The molecular formula is C136H140B6N3+3. The first-order chi connectivity index (χ1) is 87.9. The molecule has 0 saturated heterocycles. The van der Waals surface area contributed by atoms with Crippen LogP contribution in [0.5, 0.6) is 0 Å². The van der Waals surface area contributed by atoms with Crippen LogP contribution in [0.3, 0.4) is 0 Å². The van der Waals surface area contributed by atoms with Gasteiger partial charge in [0.15, 0.2) is 18.6 Å². The second-order valence-electron chi connectivity index (χ2n) is 40.7. The van der Waals surface area contributed by atoms with E-state index in [-0.39, 0.29) is 116 Å². The van der Waals surface area contributed by atoms with E-state index in [1.54, 1.807) is 270 Å². The van der Waals surface area contributed by atoms with E-state index in [0.717, 1.165) is 0 Å². The zero-order chi connectivity index (χ0) is 141. The van der Waals surface area contributed by atoms with Gasteiger partial charge in [-0.1, -0.05) is 480 Å². The van der Waals surface area contributed by atoms with Gasteiger partial charge in [0, 0.05) is 115 Å². The topological polar surface area (TPSA) is 11.6 Å². The molecule has 0 unspecified atom stereocenters. The number of hydrogen-bond acceptors (Lipinski definition) is 0. The predicted octanol–water partition coefficient (Wildman–Crippen LogP) is 18.3. The molecule has 3 nitrogen and oxygen atoms in total. The Balaban J connectivity index is 0.000000172. The van der Waals surface area contributed by atoms with Crippen molar-refractivity contribution >= 4 is 139 Å². The molecule has 3 aliphatic rings. The number of aromatic nitrogens is 3. The van der Waals surface area contributed by atoms with E-state index >= 15 is 0 Å². The number of nitrogens with zero attached hydrogens (tertiary/aromatic N) is 3. The molecule has 0 radical (unpaired) electrons. The third-order valence-corrected chi connectivity index (χ3v) is 29.0. The molecule has 18 aromatic rings. The van der Waals surface area contributed by atoms with Crippen molar-refractivity contribution in [3.8, 4) is 67.2 Å². The van der Waals surface area contributed by atoms with Crippen molar-refractivity contribution in [3.63, 3.8) is 0 Å². The Morgan fingerprint density at radius 3 is 0.786 bits per heavy atom. The van der Waals surface area contributed by atoms with Crippen molar-refractivity contribution in [2.45, 2.75) is 178 Å². The van der Waals surface area contributed by atoms with Gasteiger partial charge in [-0.3, -0.25) is 0 Å². The van der Waals surface area contributed by atoms with Gasteiger partial charge in [-0.25, -0.2) is 13.7 Å². The molecular weight excluding hydrogens is 1740 g/mol. The van der Waals surface area contributed by atoms with Crippen LogP contribution in [0.4, 0.5) is 0 Å². The van der Waals surface area contributed by atoms with Crippen LogP contribution in [0.15, 0.2) is 334 Å². The minimum atomic E-state index is -2.86. The molecule has 21 rings (SSSR count). The molecule has 0 saturated carbocycles. The number of aryl methyl sites for hydroxylation is 18. The largest absolute Gasteiger partial charge is 0.241 e. The minimum absolute atomic E-state index is 0.00621. The number of fused-ring (bicyclic) bond motifs is 6. The van der Waals surface area contributed by atoms with Gasteiger partial charge >= 0.3 is 0 Å². The zero-order valence-electron chi connectivity index (χ0n) is 130. The maximum atomic E-state index is 9.31. The predicted molar refractivity (Wildman–Crippen MR) is 633 cm³/mol. The number of hydrogen-bond donors (Lipinski definition) is 0. The molecule has 9 heteroatoms. The Hall–Kier alpha value is -13.9. The van der Waals surface area contributed by atoms with Crippen LogP contribution in [-0.4, -0.2) is 40.3 Å².